The Balaban J connectivity index is 1.63. The molecule has 0 fully saturated rings. The maximum absolute atomic E-state index is 12.5. The predicted molar refractivity (Wildman–Crippen MR) is 116 cm³/mol. The molecule has 3 rings (SSSR count). The lowest BCUT2D eigenvalue weighted by molar-refractivity contribution is 0.102. The second-order valence-corrected chi connectivity index (χ2v) is 10.4. The van der Waals surface area contributed by atoms with Crippen LogP contribution < -0.4 is 5.32 Å². The molecule has 0 spiro atoms. The van der Waals surface area contributed by atoms with Crippen LogP contribution in [0.2, 0.25) is 4.34 Å². The van der Waals surface area contributed by atoms with Crippen LogP contribution >= 0.6 is 22.9 Å². The Morgan fingerprint density at radius 2 is 1.93 bits per heavy atom. The zero-order valence-electron chi connectivity index (χ0n) is 16.5. The quantitative estimate of drug-likeness (QED) is 0.507. The van der Waals surface area contributed by atoms with Gasteiger partial charge < -0.3 is 4.42 Å². The van der Waals surface area contributed by atoms with Crippen molar-refractivity contribution in [2.24, 2.45) is 0 Å². The van der Waals surface area contributed by atoms with Gasteiger partial charge in [0.1, 0.15) is 0 Å². The van der Waals surface area contributed by atoms with Gasteiger partial charge in [-0.25, -0.2) is 12.7 Å². The second-order valence-electron chi connectivity index (χ2n) is 6.54. The zero-order chi connectivity index (χ0) is 21.7. The fraction of sp³-hybridized carbons (Fsp3) is 0.316. The van der Waals surface area contributed by atoms with E-state index in [2.05, 4.69) is 15.5 Å². The fourth-order valence-electron chi connectivity index (χ4n) is 2.60. The largest absolute Gasteiger partial charge is 0.407 e. The van der Waals surface area contributed by atoms with Gasteiger partial charge in [0.05, 0.1) is 15.7 Å². The third-order valence-corrected chi connectivity index (χ3v) is 7.40. The van der Waals surface area contributed by atoms with Crippen molar-refractivity contribution in [3.8, 4) is 0 Å². The average Bonchev–Trinajstić information content (AvgIpc) is 3.34. The van der Waals surface area contributed by atoms with E-state index < -0.39 is 15.9 Å². The number of anilines is 1. The van der Waals surface area contributed by atoms with E-state index in [-0.39, 0.29) is 16.5 Å². The number of rotatable bonds is 9. The van der Waals surface area contributed by atoms with Crippen molar-refractivity contribution in [1.29, 1.82) is 0 Å². The molecule has 8 nitrogen and oxygen atoms in total. The number of carbonyl (C=O) groups excluding carboxylic acids is 1. The van der Waals surface area contributed by atoms with E-state index in [4.69, 9.17) is 16.0 Å². The van der Waals surface area contributed by atoms with Crippen molar-refractivity contribution in [3.05, 3.63) is 57.1 Å². The molecule has 0 aliphatic carbocycles. The SMILES string of the molecule is CCCCN(C)S(=O)(=O)c1ccc(C(=O)Nc2nnc(Cc3ccc(Cl)s3)o2)cc1. The molecule has 0 atom stereocenters. The van der Waals surface area contributed by atoms with Crippen LogP contribution in [0.5, 0.6) is 0 Å². The summed E-state index contributed by atoms with van der Waals surface area (Å²) in [6, 6.07) is 9.32. The molecule has 0 aliphatic heterocycles. The monoisotopic (exact) mass is 468 g/mol. The summed E-state index contributed by atoms with van der Waals surface area (Å²) >= 11 is 7.31. The lowest BCUT2D eigenvalue weighted by Gasteiger charge is -2.16. The van der Waals surface area contributed by atoms with Crippen molar-refractivity contribution >= 4 is 44.9 Å². The van der Waals surface area contributed by atoms with E-state index in [9.17, 15) is 13.2 Å². The van der Waals surface area contributed by atoms with Gasteiger partial charge in [0.2, 0.25) is 15.9 Å². The molecule has 0 bridgehead atoms. The lowest BCUT2D eigenvalue weighted by Crippen LogP contribution is -2.28. The zero-order valence-corrected chi connectivity index (χ0v) is 18.9. The summed E-state index contributed by atoms with van der Waals surface area (Å²) in [5.41, 5.74) is 0.273. The van der Waals surface area contributed by atoms with Crippen LogP contribution in [0.3, 0.4) is 0 Å². The van der Waals surface area contributed by atoms with Gasteiger partial charge >= 0.3 is 6.01 Å². The Morgan fingerprint density at radius 1 is 1.20 bits per heavy atom. The first-order valence-electron chi connectivity index (χ1n) is 9.24. The third-order valence-electron chi connectivity index (χ3n) is 4.29. The number of hydrogen-bond donors (Lipinski definition) is 1. The van der Waals surface area contributed by atoms with E-state index in [1.165, 1.54) is 39.9 Å². The van der Waals surface area contributed by atoms with E-state index in [1.807, 2.05) is 13.0 Å². The second kappa shape index (κ2) is 9.69. The van der Waals surface area contributed by atoms with Crippen molar-refractivity contribution in [3.63, 3.8) is 0 Å². The summed E-state index contributed by atoms with van der Waals surface area (Å²) in [7, 11) is -2.04. The topological polar surface area (TPSA) is 105 Å². The maximum atomic E-state index is 12.5. The van der Waals surface area contributed by atoms with Gasteiger partial charge in [-0.3, -0.25) is 10.1 Å². The lowest BCUT2D eigenvalue weighted by atomic mass is 10.2. The minimum atomic E-state index is -3.58. The molecule has 0 radical (unpaired) electrons. The van der Waals surface area contributed by atoms with Crippen LogP contribution in [-0.2, 0) is 16.4 Å². The van der Waals surface area contributed by atoms with Gasteiger partial charge in [-0.1, -0.05) is 30.0 Å². The van der Waals surface area contributed by atoms with E-state index in [0.717, 1.165) is 17.7 Å². The number of halogens is 1. The molecule has 2 heterocycles. The Labute approximate surface area is 183 Å². The summed E-state index contributed by atoms with van der Waals surface area (Å²) in [6.07, 6.45) is 2.09. The summed E-state index contributed by atoms with van der Waals surface area (Å²) in [5, 5.41) is 10.2. The number of carbonyl (C=O) groups is 1. The van der Waals surface area contributed by atoms with Crippen molar-refractivity contribution < 1.29 is 17.6 Å². The molecule has 0 unspecified atom stereocenters. The first-order valence-corrected chi connectivity index (χ1v) is 11.9. The highest BCUT2D eigenvalue weighted by atomic mass is 35.5. The minimum Gasteiger partial charge on any atom is -0.407 e. The van der Waals surface area contributed by atoms with Crippen LogP contribution in [0, 0.1) is 0 Å². The summed E-state index contributed by atoms with van der Waals surface area (Å²) in [4.78, 5) is 13.5. The standard InChI is InChI=1S/C19H21ClN4O4S2/c1-3-4-11-24(2)30(26,27)15-8-5-13(6-9-15)18(25)21-19-23-22-17(28-19)12-14-7-10-16(20)29-14/h5-10H,3-4,11-12H2,1-2H3,(H,21,23,25). The van der Waals surface area contributed by atoms with Crippen molar-refractivity contribution in [1.82, 2.24) is 14.5 Å². The van der Waals surface area contributed by atoms with Gasteiger partial charge in [-0.15, -0.1) is 16.4 Å². The first-order chi connectivity index (χ1) is 14.3. The molecule has 0 saturated carbocycles. The first kappa shape index (κ1) is 22.4. The van der Waals surface area contributed by atoms with E-state index >= 15 is 0 Å². The van der Waals surface area contributed by atoms with Gasteiger partial charge in [0.15, 0.2) is 0 Å². The number of thiophene rings is 1. The Bertz CT molecular complexity index is 1110. The molecule has 3 aromatic rings. The molecule has 11 heteroatoms. The van der Waals surface area contributed by atoms with Gasteiger partial charge in [0.25, 0.3) is 5.91 Å². The van der Waals surface area contributed by atoms with Crippen LogP contribution in [-0.4, -0.2) is 42.4 Å². The average molecular weight is 469 g/mol. The van der Waals surface area contributed by atoms with Gasteiger partial charge in [-0.05, 0) is 42.8 Å². The molecule has 160 valence electrons. The van der Waals surface area contributed by atoms with Crippen LogP contribution in [0.25, 0.3) is 0 Å². The highest BCUT2D eigenvalue weighted by molar-refractivity contribution is 7.89. The van der Waals surface area contributed by atoms with Gasteiger partial charge in [-0.2, -0.15) is 0 Å². The number of nitrogens with one attached hydrogen (secondary N) is 1. The number of benzene rings is 1. The van der Waals surface area contributed by atoms with Crippen LogP contribution in [0.4, 0.5) is 6.01 Å². The Kier molecular flexibility index (Phi) is 7.24. The van der Waals surface area contributed by atoms with Crippen molar-refractivity contribution in [2.45, 2.75) is 31.1 Å². The normalized spacial score (nSPS) is 11.7. The number of aromatic nitrogens is 2. The summed E-state index contributed by atoms with van der Waals surface area (Å²) < 4.78 is 32.5. The molecule has 0 aliphatic rings. The highest BCUT2D eigenvalue weighted by Crippen LogP contribution is 2.24. The van der Waals surface area contributed by atoms with Crippen molar-refractivity contribution in [2.75, 3.05) is 18.9 Å². The molecule has 1 amide bonds. The molecule has 1 N–H and O–H groups in total. The molecular weight excluding hydrogens is 448 g/mol. The maximum Gasteiger partial charge on any atom is 0.322 e. The number of sulfonamides is 1. The van der Waals surface area contributed by atoms with Crippen LogP contribution in [0.15, 0.2) is 45.7 Å². The van der Waals surface area contributed by atoms with Gasteiger partial charge in [0, 0.05) is 24.0 Å². The number of amides is 1. The number of unbranched alkanes of at least 4 members (excludes halogenated alkanes) is 1. The number of nitrogens with zero attached hydrogens (tertiary/aromatic N) is 3. The number of hydrogen-bond acceptors (Lipinski definition) is 7. The molecular formula is C19H21ClN4O4S2. The van der Waals surface area contributed by atoms with E-state index in [1.54, 1.807) is 13.1 Å². The predicted octanol–water partition coefficient (Wildman–Crippen LogP) is 4.05. The minimum absolute atomic E-state index is 0.0337. The Morgan fingerprint density at radius 3 is 2.57 bits per heavy atom. The molecule has 1 aromatic carbocycles. The fourth-order valence-corrected chi connectivity index (χ4v) is 4.89. The molecule has 0 saturated heterocycles. The Hall–Kier alpha value is -2.27. The smallest absolute Gasteiger partial charge is 0.322 e. The molecule has 30 heavy (non-hydrogen) atoms. The van der Waals surface area contributed by atoms with Crippen LogP contribution in [0.1, 0.15) is 40.9 Å². The summed E-state index contributed by atoms with van der Waals surface area (Å²) in [6.45, 7) is 2.44. The summed E-state index contributed by atoms with van der Waals surface area (Å²) in [5.74, 6) is -0.131. The van der Waals surface area contributed by atoms with E-state index in [0.29, 0.717) is 23.2 Å². The molecule has 2 aromatic heterocycles. The third kappa shape index (κ3) is 5.45. The highest BCUT2D eigenvalue weighted by Gasteiger charge is 2.21.